The molecule has 0 bridgehead atoms. The molecule has 24 heavy (non-hydrogen) atoms. The number of ether oxygens (including phenoxy) is 1. The molecule has 0 spiro atoms. The maximum atomic E-state index is 11.0. The summed E-state index contributed by atoms with van der Waals surface area (Å²) >= 11 is 0. The van der Waals surface area contributed by atoms with Gasteiger partial charge in [0.1, 0.15) is 5.75 Å². The number of nitrogens with one attached hydrogen (secondary N) is 1. The molecule has 126 valence electrons. The van der Waals surface area contributed by atoms with E-state index in [4.69, 9.17) is 9.84 Å². The Kier molecular flexibility index (Phi) is 4.86. The zero-order valence-corrected chi connectivity index (χ0v) is 14.1. The first kappa shape index (κ1) is 16.5. The average molecular weight is 325 g/mol. The SMILES string of the molecule is COc1ccc(CC(=O)O)cc1-c1ccc(C)cc1CNC1CC1. The van der Waals surface area contributed by atoms with E-state index < -0.39 is 5.97 Å². The van der Waals surface area contributed by atoms with Crippen LogP contribution in [0, 0.1) is 6.92 Å². The third-order valence-corrected chi connectivity index (χ3v) is 4.33. The van der Waals surface area contributed by atoms with Crippen molar-refractivity contribution in [3.05, 3.63) is 53.1 Å². The summed E-state index contributed by atoms with van der Waals surface area (Å²) in [6, 6.07) is 12.6. The predicted molar refractivity (Wildman–Crippen MR) is 94.4 cm³/mol. The fraction of sp³-hybridized carbons (Fsp3) is 0.350. The van der Waals surface area contributed by atoms with Crippen molar-refractivity contribution in [1.29, 1.82) is 0 Å². The van der Waals surface area contributed by atoms with Gasteiger partial charge in [0.25, 0.3) is 0 Å². The van der Waals surface area contributed by atoms with Gasteiger partial charge in [-0.3, -0.25) is 4.79 Å². The molecule has 1 aliphatic rings. The zero-order chi connectivity index (χ0) is 17.1. The van der Waals surface area contributed by atoms with E-state index in [-0.39, 0.29) is 6.42 Å². The standard InChI is InChI=1S/C20H23NO3/c1-13-3-7-17(15(9-13)12-21-16-5-6-16)18-10-14(11-20(22)23)4-8-19(18)24-2/h3-4,7-10,16,21H,5-6,11-12H2,1-2H3,(H,22,23). The van der Waals surface area contributed by atoms with E-state index in [9.17, 15) is 4.79 Å². The lowest BCUT2D eigenvalue weighted by atomic mass is 9.95. The molecular weight excluding hydrogens is 302 g/mol. The van der Waals surface area contributed by atoms with Crippen LogP contribution in [0.3, 0.4) is 0 Å². The van der Waals surface area contributed by atoms with Gasteiger partial charge in [0.05, 0.1) is 13.5 Å². The molecule has 0 aliphatic heterocycles. The highest BCUT2D eigenvalue weighted by molar-refractivity contribution is 5.77. The molecule has 2 aromatic carbocycles. The van der Waals surface area contributed by atoms with Crippen molar-refractivity contribution in [3.63, 3.8) is 0 Å². The van der Waals surface area contributed by atoms with Crippen LogP contribution >= 0.6 is 0 Å². The smallest absolute Gasteiger partial charge is 0.307 e. The number of aliphatic carboxylic acids is 1. The minimum Gasteiger partial charge on any atom is -0.496 e. The van der Waals surface area contributed by atoms with Gasteiger partial charge in [-0.25, -0.2) is 0 Å². The number of hydrogen-bond donors (Lipinski definition) is 2. The molecule has 1 saturated carbocycles. The Morgan fingerprint density at radius 1 is 1.21 bits per heavy atom. The Morgan fingerprint density at radius 3 is 2.67 bits per heavy atom. The van der Waals surface area contributed by atoms with Gasteiger partial charge in [0.2, 0.25) is 0 Å². The van der Waals surface area contributed by atoms with Gasteiger partial charge in [-0.1, -0.05) is 29.8 Å². The molecule has 4 heteroatoms. The van der Waals surface area contributed by atoms with Crippen LogP contribution in [0.4, 0.5) is 0 Å². The second kappa shape index (κ2) is 7.05. The summed E-state index contributed by atoms with van der Waals surface area (Å²) in [5, 5.41) is 12.6. The molecule has 0 atom stereocenters. The first-order valence-corrected chi connectivity index (χ1v) is 8.29. The Balaban J connectivity index is 2.00. The third-order valence-electron chi connectivity index (χ3n) is 4.33. The monoisotopic (exact) mass is 325 g/mol. The summed E-state index contributed by atoms with van der Waals surface area (Å²) in [4.78, 5) is 11.0. The van der Waals surface area contributed by atoms with Gasteiger partial charge in [0, 0.05) is 18.2 Å². The molecule has 0 heterocycles. The molecular formula is C20H23NO3. The van der Waals surface area contributed by atoms with E-state index in [1.165, 1.54) is 24.0 Å². The molecule has 0 radical (unpaired) electrons. The summed E-state index contributed by atoms with van der Waals surface area (Å²) in [6.07, 6.45) is 2.51. The maximum Gasteiger partial charge on any atom is 0.307 e. The van der Waals surface area contributed by atoms with Crippen LogP contribution in [-0.2, 0) is 17.8 Å². The van der Waals surface area contributed by atoms with Crippen molar-refractivity contribution in [3.8, 4) is 16.9 Å². The number of hydrogen-bond acceptors (Lipinski definition) is 3. The Labute approximate surface area is 142 Å². The quantitative estimate of drug-likeness (QED) is 0.817. The topological polar surface area (TPSA) is 58.6 Å². The van der Waals surface area contributed by atoms with E-state index in [0.717, 1.165) is 29.0 Å². The van der Waals surface area contributed by atoms with E-state index in [0.29, 0.717) is 6.04 Å². The van der Waals surface area contributed by atoms with Crippen LogP contribution in [0.15, 0.2) is 36.4 Å². The number of carbonyl (C=O) groups is 1. The Morgan fingerprint density at radius 2 is 2.00 bits per heavy atom. The highest BCUT2D eigenvalue weighted by Gasteiger charge is 2.21. The van der Waals surface area contributed by atoms with Crippen molar-refractivity contribution in [2.45, 2.75) is 38.8 Å². The van der Waals surface area contributed by atoms with Crippen molar-refractivity contribution < 1.29 is 14.6 Å². The van der Waals surface area contributed by atoms with Gasteiger partial charge in [-0.05, 0) is 48.6 Å². The van der Waals surface area contributed by atoms with Crippen LogP contribution in [-0.4, -0.2) is 24.2 Å². The van der Waals surface area contributed by atoms with E-state index in [1.54, 1.807) is 7.11 Å². The summed E-state index contributed by atoms with van der Waals surface area (Å²) in [6.45, 7) is 2.90. The van der Waals surface area contributed by atoms with Crippen molar-refractivity contribution in [2.24, 2.45) is 0 Å². The van der Waals surface area contributed by atoms with E-state index in [1.807, 2.05) is 18.2 Å². The molecule has 3 rings (SSSR count). The molecule has 4 nitrogen and oxygen atoms in total. The van der Waals surface area contributed by atoms with E-state index in [2.05, 4.69) is 30.4 Å². The normalized spacial score (nSPS) is 13.8. The Bertz CT molecular complexity index is 751. The maximum absolute atomic E-state index is 11.0. The lowest BCUT2D eigenvalue weighted by Crippen LogP contribution is -2.16. The minimum absolute atomic E-state index is 0.0124. The number of carboxylic acids is 1. The van der Waals surface area contributed by atoms with Crippen LogP contribution in [0.1, 0.15) is 29.5 Å². The lowest BCUT2D eigenvalue weighted by molar-refractivity contribution is -0.136. The molecule has 2 N–H and O–H groups in total. The molecule has 0 aromatic heterocycles. The van der Waals surface area contributed by atoms with Crippen molar-refractivity contribution >= 4 is 5.97 Å². The first-order chi connectivity index (χ1) is 11.6. The second-order valence-electron chi connectivity index (χ2n) is 6.42. The number of rotatable bonds is 7. The molecule has 0 saturated heterocycles. The predicted octanol–water partition coefficient (Wildman–Crippen LogP) is 3.55. The highest BCUT2D eigenvalue weighted by Crippen LogP contribution is 2.34. The highest BCUT2D eigenvalue weighted by atomic mass is 16.5. The van der Waals surface area contributed by atoms with Crippen LogP contribution in [0.2, 0.25) is 0 Å². The molecule has 2 aromatic rings. The number of carboxylic acid groups (broad SMARTS) is 1. The number of aryl methyl sites for hydroxylation is 1. The van der Waals surface area contributed by atoms with Crippen molar-refractivity contribution in [1.82, 2.24) is 5.32 Å². The van der Waals surface area contributed by atoms with E-state index >= 15 is 0 Å². The van der Waals surface area contributed by atoms with Crippen LogP contribution in [0.25, 0.3) is 11.1 Å². The summed E-state index contributed by atoms with van der Waals surface area (Å²) in [5.74, 6) is -0.0636. The van der Waals surface area contributed by atoms with Gasteiger partial charge in [-0.15, -0.1) is 0 Å². The number of methoxy groups -OCH3 is 1. The fourth-order valence-corrected chi connectivity index (χ4v) is 2.92. The summed E-state index contributed by atoms with van der Waals surface area (Å²) in [7, 11) is 1.64. The van der Waals surface area contributed by atoms with Gasteiger partial charge >= 0.3 is 5.97 Å². The van der Waals surface area contributed by atoms with Gasteiger partial charge in [-0.2, -0.15) is 0 Å². The number of benzene rings is 2. The van der Waals surface area contributed by atoms with Gasteiger partial charge < -0.3 is 15.2 Å². The lowest BCUT2D eigenvalue weighted by Gasteiger charge is -2.16. The molecule has 0 unspecified atom stereocenters. The van der Waals surface area contributed by atoms with Crippen molar-refractivity contribution in [2.75, 3.05) is 7.11 Å². The van der Waals surface area contributed by atoms with Gasteiger partial charge in [0.15, 0.2) is 0 Å². The van der Waals surface area contributed by atoms with Crippen LogP contribution < -0.4 is 10.1 Å². The summed E-state index contributed by atoms with van der Waals surface area (Å²) in [5.41, 5.74) is 5.25. The zero-order valence-electron chi connectivity index (χ0n) is 14.1. The Hall–Kier alpha value is -2.33. The average Bonchev–Trinajstić information content (AvgIpc) is 3.37. The fourth-order valence-electron chi connectivity index (χ4n) is 2.92. The first-order valence-electron chi connectivity index (χ1n) is 8.29. The second-order valence-corrected chi connectivity index (χ2v) is 6.42. The molecule has 1 fully saturated rings. The molecule has 1 aliphatic carbocycles. The summed E-state index contributed by atoms with van der Waals surface area (Å²) < 4.78 is 5.52. The molecule has 0 amide bonds. The largest absolute Gasteiger partial charge is 0.496 e. The minimum atomic E-state index is -0.828. The van der Waals surface area contributed by atoms with Crippen LogP contribution in [0.5, 0.6) is 5.75 Å². The third kappa shape index (κ3) is 3.95.